The Kier molecular flexibility index (Phi) is 5.52. The number of aromatic hydroxyl groups is 2. The molecule has 1 aliphatic heterocycles. The number of amides is 2. The van der Waals surface area contributed by atoms with Crippen molar-refractivity contribution in [2.24, 2.45) is 0 Å². The van der Waals surface area contributed by atoms with Crippen LogP contribution in [0, 0.1) is 0 Å². The van der Waals surface area contributed by atoms with Gasteiger partial charge in [-0.25, -0.2) is 0 Å². The molecule has 1 heterocycles. The maximum absolute atomic E-state index is 12.6. The maximum Gasteiger partial charge on any atom is 0.254 e. The van der Waals surface area contributed by atoms with Crippen LogP contribution < -0.4 is 0 Å². The average Bonchev–Trinajstić information content (AvgIpc) is 2.68. The lowest BCUT2D eigenvalue weighted by atomic mass is 10.0. The molecule has 2 aromatic rings. The Bertz CT molecular complexity index is 929. The number of phenols is 2. The van der Waals surface area contributed by atoms with Crippen LogP contribution >= 0.6 is 0 Å². The Morgan fingerprint density at radius 2 is 1.78 bits per heavy atom. The van der Waals surface area contributed by atoms with Crippen LogP contribution in [0.2, 0.25) is 0 Å². The molecule has 0 spiro atoms. The first-order valence-electron chi connectivity index (χ1n) is 8.51. The van der Waals surface area contributed by atoms with E-state index in [4.69, 9.17) is 0 Å². The third-order valence-corrected chi connectivity index (χ3v) is 4.17. The van der Waals surface area contributed by atoms with E-state index in [0.717, 1.165) is 5.56 Å². The van der Waals surface area contributed by atoms with Crippen molar-refractivity contribution in [3.05, 3.63) is 84.0 Å². The molecule has 0 saturated heterocycles. The van der Waals surface area contributed by atoms with E-state index < -0.39 is 5.91 Å². The van der Waals surface area contributed by atoms with Gasteiger partial charge >= 0.3 is 0 Å². The first-order chi connectivity index (χ1) is 13.0. The van der Waals surface area contributed by atoms with Gasteiger partial charge < -0.3 is 10.2 Å². The van der Waals surface area contributed by atoms with E-state index in [-0.39, 0.29) is 23.4 Å². The second-order valence-corrected chi connectivity index (χ2v) is 6.10. The topological polar surface area (TPSA) is 77.8 Å². The number of imide groups is 1. The second-order valence-electron chi connectivity index (χ2n) is 6.10. The minimum atomic E-state index is -0.445. The molecular formula is C22H19NO4. The predicted molar refractivity (Wildman–Crippen MR) is 104 cm³/mol. The minimum Gasteiger partial charge on any atom is -0.504 e. The zero-order chi connectivity index (χ0) is 19.2. The molecule has 27 heavy (non-hydrogen) atoms. The number of hydrogen-bond acceptors (Lipinski definition) is 4. The van der Waals surface area contributed by atoms with Crippen molar-refractivity contribution in [3.63, 3.8) is 0 Å². The molecule has 2 amide bonds. The van der Waals surface area contributed by atoms with E-state index in [1.165, 1.54) is 35.3 Å². The molecule has 0 saturated carbocycles. The van der Waals surface area contributed by atoms with Gasteiger partial charge in [0.1, 0.15) is 0 Å². The van der Waals surface area contributed by atoms with Gasteiger partial charge in [0.25, 0.3) is 11.8 Å². The van der Waals surface area contributed by atoms with Crippen molar-refractivity contribution in [2.75, 3.05) is 0 Å². The zero-order valence-corrected chi connectivity index (χ0v) is 14.5. The van der Waals surface area contributed by atoms with Gasteiger partial charge in [0.15, 0.2) is 11.5 Å². The molecule has 5 heteroatoms. The molecule has 1 aliphatic rings. The van der Waals surface area contributed by atoms with E-state index in [2.05, 4.69) is 0 Å². The molecule has 1 unspecified atom stereocenters. The lowest BCUT2D eigenvalue weighted by molar-refractivity contribution is -0.140. The summed E-state index contributed by atoms with van der Waals surface area (Å²) in [6.07, 6.45) is 10.2. The minimum absolute atomic E-state index is 0.235. The molecule has 0 aliphatic carbocycles. The van der Waals surface area contributed by atoms with Crippen LogP contribution in [0.5, 0.6) is 11.5 Å². The number of phenolic OH excluding ortho intramolecular Hbond substituents is 2. The molecule has 2 aromatic carbocycles. The van der Waals surface area contributed by atoms with Gasteiger partial charge in [-0.1, -0.05) is 54.6 Å². The molecule has 136 valence electrons. The van der Waals surface area contributed by atoms with E-state index in [9.17, 15) is 19.8 Å². The first kappa shape index (κ1) is 18.2. The van der Waals surface area contributed by atoms with Crippen molar-refractivity contribution >= 4 is 24.0 Å². The van der Waals surface area contributed by atoms with Crippen LogP contribution in [0.25, 0.3) is 12.2 Å². The largest absolute Gasteiger partial charge is 0.504 e. The van der Waals surface area contributed by atoms with E-state index in [1.807, 2.05) is 42.5 Å². The van der Waals surface area contributed by atoms with E-state index in [1.54, 1.807) is 12.1 Å². The molecule has 3 rings (SSSR count). The number of benzene rings is 2. The zero-order valence-electron chi connectivity index (χ0n) is 14.5. The monoisotopic (exact) mass is 361 g/mol. The number of carbonyl (C=O) groups excluding carboxylic acids is 2. The van der Waals surface area contributed by atoms with Crippen LogP contribution in [0.15, 0.2) is 72.8 Å². The Morgan fingerprint density at radius 3 is 2.52 bits per heavy atom. The molecule has 2 N–H and O–H groups in total. The fourth-order valence-corrected chi connectivity index (χ4v) is 2.77. The Labute approximate surface area is 157 Å². The summed E-state index contributed by atoms with van der Waals surface area (Å²) in [7, 11) is 0. The van der Waals surface area contributed by atoms with Crippen molar-refractivity contribution in [3.8, 4) is 11.5 Å². The second kappa shape index (κ2) is 8.19. The molecule has 0 radical (unpaired) electrons. The summed E-state index contributed by atoms with van der Waals surface area (Å²) >= 11 is 0. The Hall–Kier alpha value is -3.60. The van der Waals surface area contributed by atoms with Crippen LogP contribution in [-0.4, -0.2) is 33.0 Å². The fourth-order valence-electron chi connectivity index (χ4n) is 2.77. The van der Waals surface area contributed by atoms with Gasteiger partial charge in [0.05, 0.1) is 6.04 Å². The van der Waals surface area contributed by atoms with Crippen LogP contribution in [0.3, 0.4) is 0 Å². The third kappa shape index (κ3) is 4.52. The highest BCUT2D eigenvalue weighted by Gasteiger charge is 2.27. The Morgan fingerprint density at radius 1 is 1.00 bits per heavy atom. The van der Waals surface area contributed by atoms with Gasteiger partial charge in [-0.2, -0.15) is 0 Å². The molecule has 0 aromatic heterocycles. The summed E-state index contributed by atoms with van der Waals surface area (Å²) in [5, 5.41) is 18.9. The van der Waals surface area contributed by atoms with Gasteiger partial charge in [-0.05, 0) is 41.8 Å². The maximum atomic E-state index is 12.6. The van der Waals surface area contributed by atoms with E-state index >= 15 is 0 Å². The van der Waals surface area contributed by atoms with Crippen LogP contribution in [-0.2, 0) is 9.59 Å². The van der Waals surface area contributed by atoms with Crippen LogP contribution in [0.4, 0.5) is 0 Å². The average molecular weight is 361 g/mol. The van der Waals surface area contributed by atoms with E-state index in [0.29, 0.717) is 12.0 Å². The van der Waals surface area contributed by atoms with Gasteiger partial charge in [-0.15, -0.1) is 0 Å². The smallest absolute Gasteiger partial charge is 0.254 e. The number of nitrogens with zero attached hydrogens (tertiary/aromatic N) is 1. The Balaban J connectivity index is 1.78. The predicted octanol–water partition coefficient (Wildman–Crippen LogP) is 3.51. The van der Waals surface area contributed by atoms with Crippen LogP contribution in [0.1, 0.15) is 17.5 Å². The quantitative estimate of drug-likeness (QED) is 0.645. The first-order valence-corrected chi connectivity index (χ1v) is 8.51. The summed E-state index contributed by atoms with van der Waals surface area (Å²) in [6.45, 7) is 0. The lowest BCUT2D eigenvalue weighted by Crippen LogP contribution is -2.43. The molecule has 0 fully saturated rings. The summed E-state index contributed by atoms with van der Waals surface area (Å²) in [4.78, 5) is 26.0. The molecule has 5 nitrogen and oxygen atoms in total. The number of carbonyl (C=O) groups is 2. The van der Waals surface area contributed by atoms with Gasteiger partial charge in [0, 0.05) is 6.08 Å². The SMILES string of the molecule is O=C1C=CCC(/C=C/c2ccccc2)N1C(=O)/C=C/c1ccc(O)c(O)c1. The van der Waals surface area contributed by atoms with Gasteiger partial charge in [-0.3, -0.25) is 14.5 Å². The molecule has 1 atom stereocenters. The number of hydrogen-bond donors (Lipinski definition) is 2. The molecule has 0 bridgehead atoms. The lowest BCUT2D eigenvalue weighted by Gasteiger charge is -2.28. The highest BCUT2D eigenvalue weighted by Crippen LogP contribution is 2.25. The van der Waals surface area contributed by atoms with Crippen molar-refractivity contribution in [1.82, 2.24) is 4.90 Å². The summed E-state index contributed by atoms with van der Waals surface area (Å²) in [5.74, 6) is -1.32. The highest BCUT2D eigenvalue weighted by molar-refractivity contribution is 6.07. The van der Waals surface area contributed by atoms with Gasteiger partial charge in [0.2, 0.25) is 0 Å². The number of rotatable bonds is 4. The third-order valence-electron chi connectivity index (χ3n) is 4.17. The van der Waals surface area contributed by atoms with Crippen molar-refractivity contribution in [2.45, 2.75) is 12.5 Å². The summed E-state index contributed by atoms with van der Waals surface area (Å²) < 4.78 is 0. The fraction of sp³-hybridized carbons (Fsp3) is 0.0909. The standard InChI is InChI=1S/C22H19NO4/c24-19-13-10-17(15-20(19)25)11-14-22(27)23-18(7-4-8-21(23)26)12-9-16-5-2-1-3-6-16/h1-6,8-15,18,24-25H,7H2/b12-9+,14-11+. The van der Waals surface area contributed by atoms with Crippen molar-refractivity contribution in [1.29, 1.82) is 0 Å². The normalized spacial score (nSPS) is 17.1. The molecular weight excluding hydrogens is 342 g/mol. The summed E-state index contributed by atoms with van der Waals surface area (Å²) in [5.41, 5.74) is 1.53. The summed E-state index contributed by atoms with van der Waals surface area (Å²) in [6, 6.07) is 13.5. The van der Waals surface area contributed by atoms with Crippen molar-refractivity contribution < 1.29 is 19.8 Å². The highest BCUT2D eigenvalue weighted by atomic mass is 16.3.